The Bertz CT molecular complexity index is 675. The molecule has 4 heteroatoms. The van der Waals surface area contributed by atoms with E-state index in [1.165, 1.54) is 7.11 Å². The Labute approximate surface area is 136 Å². The first-order chi connectivity index (χ1) is 11.2. The monoisotopic (exact) mass is 308 g/mol. The lowest BCUT2D eigenvalue weighted by atomic mass is 9.94. The second kappa shape index (κ2) is 8.11. The highest BCUT2D eigenvalue weighted by atomic mass is 16.5. The van der Waals surface area contributed by atoms with Gasteiger partial charge in [0.15, 0.2) is 0 Å². The molecule has 0 radical (unpaired) electrons. The molecule has 4 nitrogen and oxygen atoms in total. The Balaban J connectivity index is 2.14. The third kappa shape index (κ3) is 4.41. The molecular formula is C19H20N2O2. The number of benzene rings is 2. The predicted octanol–water partition coefficient (Wildman–Crippen LogP) is 3.20. The fraction of sp³-hybridized carbons (Fsp3) is 0.263. The molecule has 0 unspecified atom stereocenters. The van der Waals surface area contributed by atoms with E-state index in [1.54, 1.807) is 12.1 Å². The van der Waals surface area contributed by atoms with Gasteiger partial charge in [-0.25, -0.2) is 0 Å². The molecule has 23 heavy (non-hydrogen) atoms. The van der Waals surface area contributed by atoms with Crippen molar-refractivity contribution in [3.8, 4) is 6.07 Å². The van der Waals surface area contributed by atoms with Gasteiger partial charge in [-0.1, -0.05) is 49.4 Å². The zero-order valence-corrected chi connectivity index (χ0v) is 13.3. The topological polar surface area (TPSA) is 62.1 Å². The molecular weight excluding hydrogens is 288 g/mol. The maximum atomic E-state index is 11.9. The molecule has 0 fully saturated rings. The van der Waals surface area contributed by atoms with Crippen LogP contribution < -0.4 is 5.32 Å². The summed E-state index contributed by atoms with van der Waals surface area (Å²) in [5.41, 5.74) is 2.73. The lowest BCUT2D eigenvalue weighted by molar-refractivity contribution is -0.145. The number of ether oxygens (including phenoxy) is 1. The van der Waals surface area contributed by atoms with Crippen LogP contribution in [0, 0.1) is 17.2 Å². The Morgan fingerprint density at radius 3 is 2.39 bits per heavy atom. The zero-order valence-electron chi connectivity index (χ0n) is 13.3. The molecule has 2 rings (SSSR count). The Hall–Kier alpha value is -2.64. The van der Waals surface area contributed by atoms with Crippen LogP contribution in [0.4, 0.5) is 0 Å². The molecule has 1 N–H and O–H groups in total. The summed E-state index contributed by atoms with van der Waals surface area (Å²) >= 11 is 0. The van der Waals surface area contributed by atoms with Crippen molar-refractivity contribution in [2.75, 3.05) is 7.11 Å². The van der Waals surface area contributed by atoms with Crippen LogP contribution in [0.25, 0.3) is 0 Å². The van der Waals surface area contributed by atoms with E-state index < -0.39 is 0 Å². The van der Waals surface area contributed by atoms with Crippen molar-refractivity contribution in [1.82, 2.24) is 5.32 Å². The number of methoxy groups -OCH3 is 1. The van der Waals surface area contributed by atoms with Crippen LogP contribution in [-0.2, 0) is 16.1 Å². The maximum absolute atomic E-state index is 11.9. The number of carbonyl (C=O) groups is 1. The van der Waals surface area contributed by atoms with E-state index in [1.807, 2.05) is 49.4 Å². The van der Waals surface area contributed by atoms with E-state index in [-0.39, 0.29) is 17.9 Å². The third-order valence-electron chi connectivity index (χ3n) is 3.84. The minimum Gasteiger partial charge on any atom is -0.469 e. The summed E-state index contributed by atoms with van der Waals surface area (Å²) in [6.45, 7) is 2.46. The molecule has 0 aliphatic carbocycles. The van der Waals surface area contributed by atoms with E-state index >= 15 is 0 Å². The van der Waals surface area contributed by atoms with Gasteiger partial charge in [-0.2, -0.15) is 5.26 Å². The van der Waals surface area contributed by atoms with E-state index in [4.69, 9.17) is 10.00 Å². The highest BCUT2D eigenvalue weighted by Crippen LogP contribution is 2.23. The fourth-order valence-electron chi connectivity index (χ4n) is 2.49. The highest BCUT2D eigenvalue weighted by molar-refractivity contribution is 5.73. The fourth-order valence-corrected chi connectivity index (χ4v) is 2.49. The SMILES string of the molecule is COC(=O)[C@@H](C)[C@H](NCc1ccc(C#N)cc1)c1ccccc1. The van der Waals surface area contributed by atoms with Gasteiger partial charge in [0.2, 0.25) is 0 Å². The summed E-state index contributed by atoms with van der Waals surface area (Å²) in [5, 5.41) is 12.3. The van der Waals surface area contributed by atoms with Gasteiger partial charge < -0.3 is 10.1 Å². The molecule has 0 aliphatic rings. The molecule has 0 bridgehead atoms. The number of esters is 1. The second-order valence-electron chi connectivity index (χ2n) is 5.39. The van der Waals surface area contributed by atoms with Crippen LogP contribution in [-0.4, -0.2) is 13.1 Å². The number of nitriles is 1. The molecule has 0 saturated heterocycles. The highest BCUT2D eigenvalue weighted by Gasteiger charge is 2.25. The zero-order chi connectivity index (χ0) is 16.7. The summed E-state index contributed by atoms with van der Waals surface area (Å²) in [5.74, 6) is -0.549. The van der Waals surface area contributed by atoms with Gasteiger partial charge in [0.1, 0.15) is 0 Å². The van der Waals surface area contributed by atoms with Gasteiger partial charge in [-0.15, -0.1) is 0 Å². The van der Waals surface area contributed by atoms with Crippen LogP contribution in [0.3, 0.4) is 0 Å². The number of carbonyl (C=O) groups excluding carboxylic acids is 1. The molecule has 2 aromatic rings. The molecule has 2 aromatic carbocycles. The predicted molar refractivity (Wildman–Crippen MR) is 88.4 cm³/mol. The molecule has 0 heterocycles. The lowest BCUT2D eigenvalue weighted by Gasteiger charge is -2.24. The number of hydrogen-bond donors (Lipinski definition) is 1. The van der Waals surface area contributed by atoms with Gasteiger partial charge in [-0.3, -0.25) is 4.79 Å². The largest absolute Gasteiger partial charge is 0.469 e. The van der Waals surface area contributed by atoms with Gasteiger partial charge in [-0.05, 0) is 23.3 Å². The number of hydrogen-bond acceptors (Lipinski definition) is 4. The maximum Gasteiger partial charge on any atom is 0.310 e. The first-order valence-corrected chi connectivity index (χ1v) is 7.51. The molecule has 0 aromatic heterocycles. The summed E-state index contributed by atoms with van der Waals surface area (Å²) in [7, 11) is 1.40. The molecule has 0 aliphatic heterocycles. The van der Waals surface area contributed by atoms with Gasteiger partial charge in [0, 0.05) is 12.6 Å². The average Bonchev–Trinajstić information content (AvgIpc) is 2.62. The Morgan fingerprint density at radius 2 is 1.83 bits per heavy atom. The van der Waals surface area contributed by atoms with Crippen molar-refractivity contribution in [3.63, 3.8) is 0 Å². The van der Waals surface area contributed by atoms with Crippen molar-refractivity contribution in [2.45, 2.75) is 19.5 Å². The van der Waals surface area contributed by atoms with E-state index in [9.17, 15) is 4.79 Å². The molecule has 118 valence electrons. The first kappa shape index (κ1) is 16.7. The van der Waals surface area contributed by atoms with Gasteiger partial charge in [0.25, 0.3) is 0 Å². The van der Waals surface area contributed by atoms with E-state index in [0.29, 0.717) is 12.1 Å². The standard InChI is InChI=1S/C19H20N2O2/c1-14(19(22)23-2)18(17-6-4-3-5-7-17)21-13-16-10-8-15(12-20)9-11-16/h3-11,14,18,21H,13H2,1-2H3/t14-,18-/m0/s1. The number of rotatable bonds is 6. The Kier molecular flexibility index (Phi) is 5.90. The summed E-state index contributed by atoms with van der Waals surface area (Å²) < 4.78 is 4.88. The van der Waals surface area contributed by atoms with Crippen molar-refractivity contribution in [2.24, 2.45) is 5.92 Å². The molecule has 0 spiro atoms. The van der Waals surface area contributed by atoms with Crippen LogP contribution in [0.15, 0.2) is 54.6 Å². The van der Waals surface area contributed by atoms with Gasteiger partial charge in [0.05, 0.1) is 24.7 Å². The smallest absolute Gasteiger partial charge is 0.310 e. The summed E-state index contributed by atoms with van der Waals surface area (Å²) in [6, 6.07) is 19.2. The number of nitrogens with one attached hydrogen (secondary N) is 1. The summed E-state index contributed by atoms with van der Waals surface area (Å²) in [6.07, 6.45) is 0. The van der Waals surface area contributed by atoms with Crippen LogP contribution >= 0.6 is 0 Å². The van der Waals surface area contributed by atoms with Crippen molar-refractivity contribution < 1.29 is 9.53 Å². The van der Waals surface area contributed by atoms with E-state index in [2.05, 4.69) is 11.4 Å². The van der Waals surface area contributed by atoms with Crippen molar-refractivity contribution in [1.29, 1.82) is 5.26 Å². The van der Waals surface area contributed by atoms with Crippen LogP contribution in [0.2, 0.25) is 0 Å². The minimum absolute atomic E-state index is 0.140. The minimum atomic E-state index is -0.305. The Morgan fingerprint density at radius 1 is 1.17 bits per heavy atom. The average molecular weight is 308 g/mol. The molecule has 0 amide bonds. The third-order valence-corrected chi connectivity index (χ3v) is 3.84. The van der Waals surface area contributed by atoms with Crippen LogP contribution in [0.1, 0.15) is 29.7 Å². The summed E-state index contributed by atoms with van der Waals surface area (Å²) in [4.78, 5) is 11.9. The van der Waals surface area contributed by atoms with Crippen molar-refractivity contribution >= 4 is 5.97 Å². The van der Waals surface area contributed by atoms with E-state index in [0.717, 1.165) is 11.1 Å². The number of nitrogens with zero attached hydrogens (tertiary/aromatic N) is 1. The lowest BCUT2D eigenvalue weighted by Crippen LogP contribution is -2.31. The van der Waals surface area contributed by atoms with Crippen LogP contribution in [0.5, 0.6) is 0 Å². The van der Waals surface area contributed by atoms with Gasteiger partial charge >= 0.3 is 5.97 Å². The second-order valence-corrected chi connectivity index (χ2v) is 5.39. The first-order valence-electron chi connectivity index (χ1n) is 7.51. The normalized spacial score (nSPS) is 12.9. The molecule has 0 saturated carbocycles. The quantitative estimate of drug-likeness (QED) is 0.832. The van der Waals surface area contributed by atoms with Crippen molar-refractivity contribution in [3.05, 3.63) is 71.3 Å². The molecule has 2 atom stereocenters.